The maximum absolute atomic E-state index is 5.50. The number of hydrogen-bond donors (Lipinski definition) is 1. The largest absolute Gasteiger partial charge is 0.493 e. The molecule has 0 radical (unpaired) electrons. The fraction of sp³-hybridized carbons (Fsp3) is 0.571. The molecule has 1 N–H and O–H groups in total. The molecule has 3 rings (SSSR count). The van der Waals surface area contributed by atoms with E-state index in [1.54, 1.807) is 7.11 Å². The zero-order valence-electron chi connectivity index (χ0n) is 10.2. The van der Waals surface area contributed by atoms with Gasteiger partial charge in [0.15, 0.2) is 0 Å². The number of ether oxygens (including phenoxy) is 2. The normalized spacial score (nSPS) is 26.2. The van der Waals surface area contributed by atoms with Crippen LogP contribution in [0.3, 0.4) is 0 Å². The highest BCUT2D eigenvalue weighted by atomic mass is 16.5. The zero-order valence-corrected chi connectivity index (χ0v) is 10.2. The van der Waals surface area contributed by atoms with Crippen LogP contribution in [-0.2, 0) is 17.7 Å². The standard InChI is InChI=1S/C14H19NO2/c1-16-13-7-12(8-13)15-9-10-2-3-14-11(6-10)4-5-17-14/h2-3,6,12-13,15H,4-5,7-9H2,1H3. The quantitative estimate of drug-likeness (QED) is 0.861. The van der Waals surface area contributed by atoms with Gasteiger partial charge in [-0.05, 0) is 30.0 Å². The van der Waals surface area contributed by atoms with Crippen molar-refractivity contribution in [1.82, 2.24) is 5.32 Å². The summed E-state index contributed by atoms with van der Waals surface area (Å²) in [6.45, 7) is 1.79. The van der Waals surface area contributed by atoms with Crippen LogP contribution >= 0.6 is 0 Å². The fourth-order valence-electron chi connectivity index (χ4n) is 2.54. The lowest BCUT2D eigenvalue weighted by Gasteiger charge is -2.34. The van der Waals surface area contributed by atoms with Crippen molar-refractivity contribution < 1.29 is 9.47 Å². The Labute approximate surface area is 102 Å². The molecule has 3 nitrogen and oxygen atoms in total. The Hall–Kier alpha value is -1.06. The molecule has 1 heterocycles. The Kier molecular flexibility index (Phi) is 3.04. The third-order valence-corrected chi connectivity index (χ3v) is 3.78. The first kappa shape index (κ1) is 11.1. The van der Waals surface area contributed by atoms with Gasteiger partial charge in [-0.25, -0.2) is 0 Å². The number of hydrogen-bond acceptors (Lipinski definition) is 3. The molecule has 1 saturated carbocycles. The molecule has 1 fully saturated rings. The minimum atomic E-state index is 0.473. The van der Waals surface area contributed by atoms with Crippen LogP contribution in [0, 0.1) is 0 Å². The Bertz CT molecular complexity index is 399. The maximum Gasteiger partial charge on any atom is 0.122 e. The molecular weight excluding hydrogens is 214 g/mol. The average Bonchev–Trinajstić information content (AvgIpc) is 2.74. The minimum absolute atomic E-state index is 0.473. The molecule has 3 heteroatoms. The second-order valence-corrected chi connectivity index (χ2v) is 4.95. The first-order valence-electron chi connectivity index (χ1n) is 6.36. The summed E-state index contributed by atoms with van der Waals surface area (Å²) in [6, 6.07) is 7.15. The van der Waals surface area contributed by atoms with Gasteiger partial charge in [-0.15, -0.1) is 0 Å². The van der Waals surface area contributed by atoms with Gasteiger partial charge in [-0.1, -0.05) is 12.1 Å². The van der Waals surface area contributed by atoms with E-state index < -0.39 is 0 Å². The van der Waals surface area contributed by atoms with Crippen LogP contribution in [-0.4, -0.2) is 25.9 Å². The number of benzene rings is 1. The van der Waals surface area contributed by atoms with Gasteiger partial charge in [0.25, 0.3) is 0 Å². The molecule has 1 aliphatic heterocycles. The molecule has 2 aliphatic rings. The van der Waals surface area contributed by atoms with E-state index in [4.69, 9.17) is 9.47 Å². The van der Waals surface area contributed by atoms with Crippen molar-refractivity contribution in [2.75, 3.05) is 13.7 Å². The van der Waals surface area contributed by atoms with Crippen molar-refractivity contribution >= 4 is 0 Å². The van der Waals surface area contributed by atoms with Gasteiger partial charge in [0.05, 0.1) is 12.7 Å². The summed E-state index contributed by atoms with van der Waals surface area (Å²) < 4.78 is 10.8. The van der Waals surface area contributed by atoms with Gasteiger partial charge < -0.3 is 14.8 Å². The molecule has 0 spiro atoms. The van der Waals surface area contributed by atoms with Crippen molar-refractivity contribution in [2.45, 2.75) is 38.0 Å². The van der Waals surface area contributed by atoms with Crippen LogP contribution in [0.15, 0.2) is 18.2 Å². The van der Waals surface area contributed by atoms with E-state index >= 15 is 0 Å². The van der Waals surface area contributed by atoms with E-state index in [1.165, 1.54) is 11.1 Å². The minimum Gasteiger partial charge on any atom is -0.493 e. The molecular formula is C14H19NO2. The lowest BCUT2D eigenvalue weighted by molar-refractivity contribution is 0.0170. The van der Waals surface area contributed by atoms with Crippen molar-refractivity contribution in [2.24, 2.45) is 0 Å². The van der Waals surface area contributed by atoms with Crippen LogP contribution in [0.25, 0.3) is 0 Å². The summed E-state index contributed by atoms with van der Waals surface area (Å²) in [5.74, 6) is 1.07. The lowest BCUT2D eigenvalue weighted by atomic mass is 9.89. The van der Waals surface area contributed by atoms with Crippen molar-refractivity contribution in [3.8, 4) is 5.75 Å². The summed E-state index contributed by atoms with van der Waals surface area (Å²) >= 11 is 0. The highest BCUT2D eigenvalue weighted by Gasteiger charge is 2.28. The highest BCUT2D eigenvalue weighted by molar-refractivity contribution is 5.39. The molecule has 0 unspecified atom stereocenters. The number of rotatable bonds is 4. The van der Waals surface area contributed by atoms with E-state index in [1.807, 2.05) is 0 Å². The Morgan fingerprint density at radius 2 is 2.29 bits per heavy atom. The molecule has 92 valence electrons. The third kappa shape index (κ3) is 2.31. The SMILES string of the molecule is COC1CC(NCc2ccc3c(c2)CCO3)C1. The van der Waals surface area contributed by atoms with E-state index in [-0.39, 0.29) is 0 Å². The molecule has 0 atom stereocenters. The predicted molar refractivity (Wildman–Crippen MR) is 66.3 cm³/mol. The van der Waals surface area contributed by atoms with E-state index in [2.05, 4.69) is 23.5 Å². The maximum atomic E-state index is 5.50. The van der Waals surface area contributed by atoms with Gasteiger partial charge in [-0.2, -0.15) is 0 Å². The van der Waals surface area contributed by atoms with Gasteiger partial charge >= 0.3 is 0 Å². The second kappa shape index (κ2) is 4.67. The molecule has 1 aromatic rings. The summed E-state index contributed by atoms with van der Waals surface area (Å²) in [5.41, 5.74) is 2.71. The van der Waals surface area contributed by atoms with Crippen LogP contribution in [0.5, 0.6) is 5.75 Å². The first-order chi connectivity index (χ1) is 8.35. The molecule has 0 saturated heterocycles. The zero-order chi connectivity index (χ0) is 11.7. The smallest absolute Gasteiger partial charge is 0.122 e. The first-order valence-corrected chi connectivity index (χ1v) is 6.36. The predicted octanol–water partition coefficient (Wildman–Crippen LogP) is 1.89. The molecule has 0 aromatic heterocycles. The fourth-order valence-corrected chi connectivity index (χ4v) is 2.54. The van der Waals surface area contributed by atoms with Crippen LogP contribution < -0.4 is 10.1 Å². The van der Waals surface area contributed by atoms with Crippen LogP contribution in [0.4, 0.5) is 0 Å². The average molecular weight is 233 g/mol. The summed E-state index contributed by atoms with van der Waals surface area (Å²) in [4.78, 5) is 0. The van der Waals surface area contributed by atoms with Crippen LogP contribution in [0.1, 0.15) is 24.0 Å². The molecule has 1 aliphatic carbocycles. The summed E-state index contributed by atoms with van der Waals surface area (Å²) in [7, 11) is 1.79. The molecule has 1 aromatic carbocycles. The van der Waals surface area contributed by atoms with E-state index in [9.17, 15) is 0 Å². The van der Waals surface area contributed by atoms with E-state index in [0.29, 0.717) is 12.1 Å². The summed E-state index contributed by atoms with van der Waals surface area (Å²) in [6.07, 6.45) is 3.81. The molecule has 0 amide bonds. The Morgan fingerprint density at radius 1 is 1.41 bits per heavy atom. The van der Waals surface area contributed by atoms with Crippen molar-refractivity contribution in [3.05, 3.63) is 29.3 Å². The van der Waals surface area contributed by atoms with Crippen molar-refractivity contribution in [3.63, 3.8) is 0 Å². The lowest BCUT2D eigenvalue weighted by Crippen LogP contribution is -2.44. The molecule has 17 heavy (non-hydrogen) atoms. The summed E-state index contributed by atoms with van der Waals surface area (Å²) in [5, 5.41) is 3.57. The second-order valence-electron chi connectivity index (χ2n) is 4.95. The Balaban J connectivity index is 1.52. The number of nitrogens with one attached hydrogen (secondary N) is 1. The van der Waals surface area contributed by atoms with Gasteiger partial charge in [0.1, 0.15) is 5.75 Å². The topological polar surface area (TPSA) is 30.5 Å². The number of fused-ring (bicyclic) bond motifs is 1. The van der Waals surface area contributed by atoms with Crippen LogP contribution in [0.2, 0.25) is 0 Å². The third-order valence-electron chi connectivity index (χ3n) is 3.78. The monoisotopic (exact) mass is 233 g/mol. The van der Waals surface area contributed by atoms with E-state index in [0.717, 1.165) is 38.2 Å². The van der Waals surface area contributed by atoms with Gasteiger partial charge in [0, 0.05) is 26.1 Å². The van der Waals surface area contributed by atoms with Gasteiger partial charge in [0.2, 0.25) is 0 Å². The number of methoxy groups -OCH3 is 1. The molecule has 0 bridgehead atoms. The highest BCUT2D eigenvalue weighted by Crippen LogP contribution is 2.26. The van der Waals surface area contributed by atoms with Gasteiger partial charge in [-0.3, -0.25) is 0 Å². The Morgan fingerprint density at radius 3 is 3.12 bits per heavy atom. The van der Waals surface area contributed by atoms with Crippen molar-refractivity contribution in [1.29, 1.82) is 0 Å².